The Bertz CT molecular complexity index is 1410. The van der Waals surface area contributed by atoms with Gasteiger partial charge in [-0.3, -0.25) is 4.79 Å². The molecule has 1 aromatic heterocycles. The van der Waals surface area contributed by atoms with Gasteiger partial charge in [-0.15, -0.1) is 0 Å². The summed E-state index contributed by atoms with van der Waals surface area (Å²) in [6.45, 7) is 9.81. The first-order chi connectivity index (χ1) is 17.3. The second-order valence-electron chi connectivity index (χ2n) is 8.60. The molecule has 3 aromatic rings. The van der Waals surface area contributed by atoms with Crippen LogP contribution >= 0.6 is 0 Å². The lowest BCUT2D eigenvalue weighted by atomic mass is 9.98. The maximum absolute atomic E-state index is 13.3. The van der Waals surface area contributed by atoms with Crippen molar-refractivity contribution >= 4 is 22.9 Å². The zero-order chi connectivity index (χ0) is 27.5. The third-order valence-corrected chi connectivity index (χ3v) is 5.77. The molecular weight excluding hydrogens is 483 g/mol. The van der Waals surface area contributed by atoms with Crippen molar-refractivity contribution in [3.8, 4) is 16.9 Å². The summed E-state index contributed by atoms with van der Waals surface area (Å²) in [7, 11) is 1.52. The number of aryl methyl sites for hydroxylation is 1. The molecule has 1 unspecified atom stereocenters. The zero-order valence-electron chi connectivity index (χ0n) is 21.1. The van der Waals surface area contributed by atoms with Gasteiger partial charge in [0.05, 0.1) is 24.2 Å². The average Bonchev–Trinajstić information content (AvgIpc) is 2.82. The molecule has 0 aliphatic carbocycles. The van der Waals surface area contributed by atoms with Gasteiger partial charge in [0.15, 0.2) is 0 Å². The fourth-order valence-electron chi connectivity index (χ4n) is 3.94. The highest BCUT2D eigenvalue weighted by Gasteiger charge is 2.31. The van der Waals surface area contributed by atoms with Crippen molar-refractivity contribution in [2.75, 3.05) is 12.8 Å². The van der Waals surface area contributed by atoms with Crippen LogP contribution in [0.4, 0.5) is 24.5 Å². The van der Waals surface area contributed by atoms with E-state index in [1.165, 1.54) is 19.2 Å². The van der Waals surface area contributed by atoms with Gasteiger partial charge < -0.3 is 26.1 Å². The van der Waals surface area contributed by atoms with Gasteiger partial charge in [0.1, 0.15) is 5.75 Å². The van der Waals surface area contributed by atoms with Gasteiger partial charge in [0.2, 0.25) is 0 Å². The van der Waals surface area contributed by atoms with Gasteiger partial charge in [-0.1, -0.05) is 6.58 Å². The normalized spacial score (nSPS) is 12.8. The summed E-state index contributed by atoms with van der Waals surface area (Å²) in [4.78, 5) is 16.5. The fourth-order valence-corrected chi connectivity index (χ4v) is 3.94. The first-order valence-corrected chi connectivity index (χ1v) is 11.5. The van der Waals surface area contributed by atoms with E-state index in [0.29, 0.717) is 46.2 Å². The molecule has 0 aliphatic heterocycles. The Morgan fingerprint density at radius 1 is 1.22 bits per heavy atom. The Hall–Kier alpha value is -4.21. The van der Waals surface area contributed by atoms with E-state index >= 15 is 0 Å². The number of nitrogens with zero attached hydrogens (tertiary/aromatic N) is 2. The molecular formula is C27H30F3N5O2. The van der Waals surface area contributed by atoms with Gasteiger partial charge >= 0.3 is 6.18 Å². The Morgan fingerprint density at radius 2 is 1.92 bits per heavy atom. The van der Waals surface area contributed by atoms with Crippen LogP contribution in [0.2, 0.25) is 0 Å². The molecule has 7 nitrogen and oxygen atoms in total. The van der Waals surface area contributed by atoms with Crippen LogP contribution in [-0.2, 0) is 12.7 Å². The van der Waals surface area contributed by atoms with Crippen LogP contribution in [0.3, 0.4) is 0 Å². The quantitative estimate of drug-likeness (QED) is 0.210. The lowest BCUT2D eigenvalue weighted by Crippen LogP contribution is -2.18. The summed E-state index contributed by atoms with van der Waals surface area (Å²) in [6, 6.07) is 9.52. The summed E-state index contributed by atoms with van der Waals surface area (Å²) in [5, 5.41) is 3.16. The number of benzene rings is 2. The van der Waals surface area contributed by atoms with Crippen molar-refractivity contribution in [1.29, 1.82) is 0 Å². The minimum atomic E-state index is -4.53. The number of nitrogens with one attached hydrogen (secondary N) is 1. The van der Waals surface area contributed by atoms with Crippen molar-refractivity contribution in [1.82, 2.24) is 9.88 Å². The summed E-state index contributed by atoms with van der Waals surface area (Å²) in [6.07, 6.45) is -2.80. The highest BCUT2D eigenvalue weighted by atomic mass is 19.4. The van der Waals surface area contributed by atoms with Crippen molar-refractivity contribution in [2.24, 2.45) is 10.7 Å². The van der Waals surface area contributed by atoms with Gasteiger partial charge in [-0.2, -0.15) is 13.2 Å². The molecule has 1 heterocycles. The number of nitrogens with two attached hydrogens (primary N) is 2. The molecule has 0 bridgehead atoms. The number of rotatable bonds is 8. The lowest BCUT2D eigenvalue weighted by Gasteiger charge is -2.22. The number of hydrogen-bond donors (Lipinski definition) is 3. The van der Waals surface area contributed by atoms with Crippen LogP contribution in [-0.4, -0.2) is 17.5 Å². The number of ether oxygens (including phenoxy) is 1. The fraction of sp³-hybridized carbons (Fsp3) is 0.259. The van der Waals surface area contributed by atoms with Crippen molar-refractivity contribution < 1.29 is 17.9 Å². The molecule has 0 radical (unpaired) electrons. The van der Waals surface area contributed by atoms with E-state index in [1.54, 1.807) is 42.8 Å². The average molecular weight is 514 g/mol. The lowest BCUT2D eigenvalue weighted by molar-refractivity contribution is -0.137. The Kier molecular flexibility index (Phi) is 8.00. The molecule has 1 atom stereocenters. The molecule has 5 N–H and O–H groups in total. The van der Waals surface area contributed by atoms with Crippen LogP contribution in [0, 0.1) is 0 Å². The monoisotopic (exact) mass is 513 g/mol. The van der Waals surface area contributed by atoms with Crippen molar-refractivity contribution in [3.63, 3.8) is 0 Å². The standard InChI is InChI=1S/C27H30F3N5O2/c1-6-35-14-18(7-8-26(35)36)23-12-22(24(34-17(4)31)13-25(23)37-5)16(3)33-15(2)19-9-20(27(28,29)30)11-21(32)10-19/h7-15,33H,3,6,32H2,1-2,4-5H3,(H2,31,34). The molecule has 0 aliphatic rings. The Morgan fingerprint density at radius 3 is 2.51 bits per heavy atom. The van der Waals surface area contributed by atoms with E-state index < -0.39 is 17.8 Å². The summed E-state index contributed by atoms with van der Waals surface area (Å²) in [5.74, 6) is 0.790. The predicted molar refractivity (Wildman–Crippen MR) is 142 cm³/mol. The first kappa shape index (κ1) is 27.4. The number of pyridine rings is 1. The number of amidine groups is 1. The largest absolute Gasteiger partial charge is 0.496 e. The first-order valence-electron chi connectivity index (χ1n) is 11.5. The van der Waals surface area contributed by atoms with Crippen LogP contribution in [0.5, 0.6) is 5.75 Å². The number of aromatic nitrogens is 1. The van der Waals surface area contributed by atoms with E-state index in [4.69, 9.17) is 16.2 Å². The number of aliphatic imine (C=N–C) groups is 1. The number of anilines is 1. The van der Waals surface area contributed by atoms with Crippen LogP contribution < -0.4 is 27.1 Å². The molecule has 0 amide bonds. The minimum Gasteiger partial charge on any atom is -0.496 e. The van der Waals surface area contributed by atoms with E-state index in [0.717, 1.165) is 17.7 Å². The second-order valence-corrected chi connectivity index (χ2v) is 8.60. The van der Waals surface area contributed by atoms with E-state index in [1.807, 2.05) is 6.92 Å². The SMILES string of the molecule is C=C(NC(C)c1cc(N)cc(C(F)(F)F)c1)c1cc(-c2ccc(=O)n(CC)c2)c(OC)cc1/N=C(/C)N. The third-order valence-electron chi connectivity index (χ3n) is 5.77. The van der Waals surface area contributed by atoms with Crippen molar-refractivity contribution in [3.05, 3.63) is 82.3 Å². The van der Waals surface area contributed by atoms with Crippen LogP contribution in [0.1, 0.15) is 43.5 Å². The van der Waals surface area contributed by atoms with Crippen molar-refractivity contribution in [2.45, 2.75) is 39.5 Å². The molecule has 10 heteroatoms. The number of hydrogen-bond acceptors (Lipinski definition) is 5. The van der Waals surface area contributed by atoms with Gasteiger partial charge in [0, 0.05) is 59.0 Å². The predicted octanol–water partition coefficient (Wildman–Crippen LogP) is 5.47. The topological polar surface area (TPSA) is 108 Å². The van der Waals surface area contributed by atoms with E-state index in [2.05, 4.69) is 16.9 Å². The molecule has 0 saturated carbocycles. The number of methoxy groups -OCH3 is 1. The van der Waals surface area contributed by atoms with Gasteiger partial charge in [-0.05, 0) is 56.7 Å². The molecule has 3 rings (SSSR count). The zero-order valence-corrected chi connectivity index (χ0v) is 21.1. The maximum atomic E-state index is 13.3. The third kappa shape index (κ3) is 6.32. The molecule has 2 aromatic carbocycles. The van der Waals surface area contributed by atoms with Gasteiger partial charge in [0.25, 0.3) is 5.56 Å². The van der Waals surface area contributed by atoms with Gasteiger partial charge in [-0.25, -0.2) is 4.99 Å². The molecule has 0 saturated heterocycles. The van der Waals surface area contributed by atoms with Crippen LogP contribution in [0.15, 0.2) is 65.0 Å². The number of alkyl halides is 3. The summed E-state index contributed by atoms with van der Waals surface area (Å²) in [5.41, 5.74) is 13.8. The van der Waals surface area contributed by atoms with Crippen LogP contribution in [0.25, 0.3) is 16.8 Å². The molecule has 0 spiro atoms. The van der Waals surface area contributed by atoms with E-state index in [-0.39, 0.29) is 11.2 Å². The summed E-state index contributed by atoms with van der Waals surface area (Å²) < 4.78 is 47.1. The molecule has 196 valence electrons. The number of nitrogen functional groups attached to an aromatic ring is 1. The Labute approximate surface area is 213 Å². The molecule has 37 heavy (non-hydrogen) atoms. The molecule has 0 fully saturated rings. The number of halogens is 3. The Balaban J connectivity index is 2.09. The minimum absolute atomic E-state index is 0.00548. The highest BCUT2D eigenvalue weighted by Crippen LogP contribution is 2.39. The highest BCUT2D eigenvalue weighted by molar-refractivity contribution is 5.87. The maximum Gasteiger partial charge on any atom is 0.416 e. The smallest absolute Gasteiger partial charge is 0.416 e. The summed E-state index contributed by atoms with van der Waals surface area (Å²) >= 11 is 0. The van der Waals surface area contributed by atoms with E-state index in [9.17, 15) is 18.0 Å². The second kappa shape index (κ2) is 10.8.